The number of H-pyrrole nitrogens is 1. The first-order valence-electron chi connectivity index (χ1n) is 4.39. The third-order valence-corrected chi connectivity index (χ3v) is 2.36. The molecule has 0 spiro atoms. The fourth-order valence-corrected chi connectivity index (χ4v) is 1.39. The van der Waals surface area contributed by atoms with Crippen LogP contribution in [0.1, 0.15) is 11.1 Å². The van der Waals surface area contributed by atoms with E-state index in [0.717, 1.165) is 16.8 Å². The molecule has 0 unspecified atom stereocenters. The van der Waals surface area contributed by atoms with E-state index in [0.29, 0.717) is 0 Å². The average Bonchev–Trinajstić information content (AvgIpc) is 2.57. The molecule has 14 heavy (non-hydrogen) atoms. The van der Waals surface area contributed by atoms with Crippen LogP contribution >= 0.6 is 0 Å². The Morgan fingerprint density at radius 1 is 1.36 bits per heavy atom. The van der Waals surface area contributed by atoms with Gasteiger partial charge in [0.05, 0.1) is 5.69 Å². The predicted molar refractivity (Wildman–Crippen MR) is 53.7 cm³/mol. The van der Waals surface area contributed by atoms with Crippen LogP contribution in [-0.4, -0.2) is 14.8 Å². The zero-order valence-corrected chi connectivity index (χ0v) is 8.11. The van der Waals surface area contributed by atoms with Crippen molar-refractivity contribution in [2.24, 2.45) is 0 Å². The number of nitrogens with zero attached hydrogens (tertiary/aromatic N) is 2. The summed E-state index contributed by atoms with van der Waals surface area (Å²) in [6.07, 6.45) is 1.39. The van der Waals surface area contributed by atoms with Crippen LogP contribution in [0, 0.1) is 13.8 Å². The van der Waals surface area contributed by atoms with Crippen molar-refractivity contribution in [1.29, 1.82) is 0 Å². The monoisotopic (exact) mass is 189 g/mol. The SMILES string of the molecule is Cc1cccc(-n2nc[nH]c2=O)c1C. The van der Waals surface area contributed by atoms with Crippen LogP contribution < -0.4 is 5.69 Å². The van der Waals surface area contributed by atoms with Crippen LogP contribution in [0.15, 0.2) is 29.3 Å². The van der Waals surface area contributed by atoms with Gasteiger partial charge in [-0.25, -0.2) is 4.79 Å². The molecule has 0 saturated carbocycles. The molecule has 4 heteroatoms. The Morgan fingerprint density at radius 3 is 2.79 bits per heavy atom. The van der Waals surface area contributed by atoms with Gasteiger partial charge in [-0.3, -0.25) is 4.98 Å². The molecule has 0 fully saturated rings. The highest BCUT2D eigenvalue weighted by Gasteiger charge is 2.05. The number of nitrogens with one attached hydrogen (secondary N) is 1. The fraction of sp³-hybridized carbons (Fsp3) is 0.200. The lowest BCUT2D eigenvalue weighted by Gasteiger charge is -2.06. The van der Waals surface area contributed by atoms with E-state index in [4.69, 9.17) is 0 Å². The summed E-state index contributed by atoms with van der Waals surface area (Å²) in [5.41, 5.74) is 2.84. The third-order valence-electron chi connectivity index (χ3n) is 2.36. The Hall–Kier alpha value is -1.84. The zero-order chi connectivity index (χ0) is 10.1. The maximum Gasteiger partial charge on any atom is 0.347 e. The van der Waals surface area contributed by atoms with E-state index >= 15 is 0 Å². The minimum atomic E-state index is -0.210. The lowest BCUT2D eigenvalue weighted by atomic mass is 10.1. The van der Waals surface area contributed by atoms with Crippen LogP contribution in [0.25, 0.3) is 5.69 Å². The zero-order valence-electron chi connectivity index (χ0n) is 8.11. The quantitative estimate of drug-likeness (QED) is 0.732. The summed E-state index contributed by atoms with van der Waals surface area (Å²) in [6.45, 7) is 3.99. The van der Waals surface area contributed by atoms with Gasteiger partial charge in [0.25, 0.3) is 0 Å². The van der Waals surface area contributed by atoms with Crippen LogP contribution in [0.4, 0.5) is 0 Å². The summed E-state index contributed by atoms with van der Waals surface area (Å²) in [4.78, 5) is 13.8. The van der Waals surface area contributed by atoms with E-state index in [-0.39, 0.29) is 5.69 Å². The molecule has 2 rings (SSSR count). The molecule has 0 aliphatic heterocycles. The fourth-order valence-electron chi connectivity index (χ4n) is 1.39. The molecule has 4 nitrogen and oxygen atoms in total. The smallest absolute Gasteiger partial charge is 0.295 e. The lowest BCUT2D eigenvalue weighted by molar-refractivity contribution is 0.834. The minimum Gasteiger partial charge on any atom is -0.295 e. The van der Waals surface area contributed by atoms with Crippen molar-refractivity contribution in [1.82, 2.24) is 14.8 Å². The number of benzene rings is 1. The van der Waals surface area contributed by atoms with Crippen molar-refractivity contribution in [2.45, 2.75) is 13.8 Å². The van der Waals surface area contributed by atoms with Gasteiger partial charge in [0.1, 0.15) is 6.33 Å². The summed E-state index contributed by atoms with van der Waals surface area (Å²) in [6, 6.07) is 5.81. The second-order valence-electron chi connectivity index (χ2n) is 3.22. The van der Waals surface area contributed by atoms with Crippen molar-refractivity contribution in [3.05, 3.63) is 46.1 Å². The normalized spacial score (nSPS) is 10.4. The highest BCUT2D eigenvalue weighted by atomic mass is 16.1. The highest BCUT2D eigenvalue weighted by molar-refractivity contribution is 5.43. The first-order valence-corrected chi connectivity index (χ1v) is 4.39. The molecule has 1 aromatic heterocycles. The maximum absolute atomic E-state index is 11.3. The number of aromatic amines is 1. The van der Waals surface area contributed by atoms with Gasteiger partial charge in [0.15, 0.2) is 0 Å². The first kappa shape index (κ1) is 8.74. The van der Waals surface area contributed by atoms with Gasteiger partial charge in [0, 0.05) is 0 Å². The molecule has 0 amide bonds. The van der Waals surface area contributed by atoms with Gasteiger partial charge in [-0.15, -0.1) is 0 Å². The van der Waals surface area contributed by atoms with Crippen LogP contribution in [-0.2, 0) is 0 Å². The summed E-state index contributed by atoms with van der Waals surface area (Å²) in [7, 11) is 0. The summed E-state index contributed by atoms with van der Waals surface area (Å²) in [5.74, 6) is 0. The number of hydrogen-bond donors (Lipinski definition) is 1. The Bertz CT molecular complexity index is 510. The number of aromatic nitrogens is 3. The van der Waals surface area contributed by atoms with Crippen molar-refractivity contribution >= 4 is 0 Å². The molecule has 0 radical (unpaired) electrons. The van der Waals surface area contributed by atoms with E-state index in [1.807, 2.05) is 32.0 Å². The van der Waals surface area contributed by atoms with Crippen LogP contribution in [0.2, 0.25) is 0 Å². The van der Waals surface area contributed by atoms with E-state index in [1.165, 1.54) is 11.0 Å². The molecular weight excluding hydrogens is 178 g/mol. The lowest BCUT2D eigenvalue weighted by Crippen LogP contribution is -2.17. The average molecular weight is 189 g/mol. The highest BCUT2D eigenvalue weighted by Crippen LogP contribution is 2.14. The molecule has 1 N–H and O–H groups in total. The van der Waals surface area contributed by atoms with Crippen LogP contribution in [0.3, 0.4) is 0 Å². The molecule has 0 saturated heterocycles. The summed E-state index contributed by atoms with van der Waals surface area (Å²) < 4.78 is 1.36. The number of aryl methyl sites for hydroxylation is 1. The van der Waals surface area contributed by atoms with E-state index < -0.39 is 0 Å². The van der Waals surface area contributed by atoms with Crippen molar-refractivity contribution in [3.8, 4) is 5.69 Å². The Morgan fingerprint density at radius 2 is 2.14 bits per heavy atom. The summed E-state index contributed by atoms with van der Waals surface area (Å²) >= 11 is 0. The van der Waals surface area contributed by atoms with E-state index in [2.05, 4.69) is 10.1 Å². The second-order valence-corrected chi connectivity index (χ2v) is 3.22. The molecule has 0 aliphatic rings. The number of hydrogen-bond acceptors (Lipinski definition) is 2. The van der Waals surface area contributed by atoms with Gasteiger partial charge in [-0.05, 0) is 31.0 Å². The molecule has 0 atom stereocenters. The second kappa shape index (κ2) is 3.14. The van der Waals surface area contributed by atoms with Gasteiger partial charge in [-0.1, -0.05) is 12.1 Å². The Balaban J connectivity index is 2.69. The van der Waals surface area contributed by atoms with Gasteiger partial charge < -0.3 is 0 Å². The van der Waals surface area contributed by atoms with E-state index in [1.54, 1.807) is 0 Å². The predicted octanol–water partition coefficient (Wildman–Crippen LogP) is 1.18. The Labute approximate surface area is 81.2 Å². The molecule has 0 aliphatic carbocycles. The molecule has 0 bridgehead atoms. The van der Waals surface area contributed by atoms with Crippen molar-refractivity contribution < 1.29 is 0 Å². The topological polar surface area (TPSA) is 50.7 Å². The van der Waals surface area contributed by atoms with E-state index in [9.17, 15) is 4.79 Å². The molecule has 2 aromatic rings. The molecular formula is C10H11N3O. The van der Waals surface area contributed by atoms with Gasteiger partial charge in [-0.2, -0.15) is 9.78 Å². The largest absolute Gasteiger partial charge is 0.347 e. The van der Waals surface area contributed by atoms with Crippen molar-refractivity contribution in [3.63, 3.8) is 0 Å². The van der Waals surface area contributed by atoms with Gasteiger partial charge >= 0.3 is 5.69 Å². The third kappa shape index (κ3) is 1.25. The Kier molecular flexibility index (Phi) is 1.96. The van der Waals surface area contributed by atoms with Crippen molar-refractivity contribution in [2.75, 3.05) is 0 Å². The first-order chi connectivity index (χ1) is 6.70. The maximum atomic E-state index is 11.3. The van der Waals surface area contributed by atoms with Gasteiger partial charge in [0.2, 0.25) is 0 Å². The molecule has 1 aromatic carbocycles. The molecule has 72 valence electrons. The minimum absolute atomic E-state index is 0.210. The number of rotatable bonds is 1. The molecule has 1 heterocycles. The standard InChI is InChI=1S/C10H11N3O/c1-7-4-3-5-9(8(7)2)13-10(14)11-6-12-13/h3-6H,1-2H3,(H,11,12,14). The summed E-state index contributed by atoms with van der Waals surface area (Å²) in [5, 5.41) is 3.94. The van der Waals surface area contributed by atoms with Crippen LogP contribution in [0.5, 0.6) is 0 Å².